The molecule has 0 saturated carbocycles. The fraction of sp³-hybridized carbons (Fsp3) is 0.200. The number of anilines is 1. The third-order valence-corrected chi connectivity index (χ3v) is 4.26. The summed E-state index contributed by atoms with van der Waals surface area (Å²) >= 11 is 1.28. The van der Waals surface area contributed by atoms with Crippen molar-refractivity contribution in [3.05, 3.63) is 51.4 Å². The fourth-order valence-electron chi connectivity index (χ4n) is 1.85. The number of hydrogen-bond donors (Lipinski definition) is 2. The molecule has 0 radical (unpaired) electrons. The molecule has 0 atom stereocenters. The van der Waals surface area contributed by atoms with Crippen LogP contribution in [0.2, 0.25) is 0 Å². The maximum absolute atomic E-state index is 12.1. The van der Waals surface area contributed by atoms with Gasteiger partial charge in [-0.25, -0.2) is 4.79 Å². The van der Waals surface area contributed by atoms with Gasteiger partial charge in [-0.2, -0.15) is 0 Å². The molecule has 0 aliphatic carbocycles. The maximum atomic E-state index is 12.1. The van der Waals surface area contributed by atoms with Gasteiger partial charge in [0.1, 0.15) is 5.00 Å². The van der Waals surface area contributed by atoms with Crippen molar-refractivity contribution in [2.45, 2.75) is 20.8 Å². The fourth-order valence-corrected chi connectivity index (χ4v) is 2.90. The Morgan fingerprint density at radius 3 is 2.25 bits per heavy atom. The van der Waals surface area contributed by atoms with Crippen LogP contribution in [0, 0.1) is 20.8 Å². The first-order chi connectivity index (χ1) is 9.40. The summed E-state index contributed by atoms with van der Waals surface area (Å²) in [5, 5.41) is 12.3. The Hall–Kier alpha value is -2.14. The van der Waals surface area contributed by atoms with Crippen molar-refractivity contribution in [3.8, 4) is 0 Å². The van der Waals surface area contributed by atoms with Crippen LogP contribution < -0.4 is 5.32 Å². The van der Waals surface area contributed by atoms with Crippen molar-refractivity contribution in [1.29, 1.82) is 0 Å². The van der Waals surface area contributed by atoms with Crippen LogP contribution in [-0.2, 0) is 0 Å². The van der Waals surface area contributed by atoms with Gasteiger partial charge in [0.25, 0.3) is 5.91 Å². The van der Waals surface area contributed by atoms with Crippen molar-refractivity contribution in [2.75, 3.05) is 5.32 Å². The number of amides is 1. The van der Waals surface area contributed by atoms with Gasteiger partial charge < -0.3 is 10.4 Å². The number of benzene rings is 1. The van der Waals surface area contributed by atoms with Gasteiger partial charge in [-0.05, 0) is 38.5 Å². The summed E-state index contributed by atoms with van der Waals surface area (Å²) in [7, 11) is 0. The van der Waals surface area contributed by atoms with E-state index in [1.54, 1.807) is 19.1 Å². The predicted octanol–water partition coefficient (Wildman–Crippen LogP) is 3.62. The second kappa shape index (κ2) is 5.46. The van der Waals surface area contributed by atoms with Crippen molar-refractivity contribution in [3.63, 3.8) is 0 Å². The number of carbonyl (C=O) groups excluding carboxylic acids is 1. The van der Waals surface area contributed by atoms with Crippen LogP contribution in [0.4, 0.5) is 5.00 Å². The standard InChI is InChI=1S/C15H15NO3S/c1-8-4-6-11(7-5-8)13(17)16-14-12(15(18)19)9(2)10(3)20-14/h4-7H,1-3H3,(H,16,17)(H,18,19). The Morgan fingerprint density at radius 2 is 1.70 bits per heavy atom. The van der Waals surface area contributed by atoms with Crippen LogP contribution in [0.25, 0.3) is 0 Å². The van der Waals surface area contributed by atoms with Gasteiger partial charge in [-0.3, -0.25) is 4.79 Å². The van der Waals surface area contributed by atoms with E-state index in [1.807, 2.05) is 26.0 Å². The van der Waals surface area contributed by atoms with Crippen molar-refractivity contribution >= 4 is 28.2 Å². The van der Waals surface area contributed by atoms with E-state index in [1.165, 1.54) is 11.3 Å². The van der Waals surface area contributed by atoms with E-state index < -0.39 is 5.97 Å². The Balaban J connectivity index is 2.30. The summed E-state index contributed by atoms with van der Waals surface area (Å²) in [6, 6.07) is 7.13. The van der Waals surface area contributed by atoms with Gasteiger partial charge >= 0.3 is 5.97 Å². The van der Waals surface area contributed by atoms with Crippen LogP contribution >= 0.6 is 11.3 Å². The van der Waals surface area contributed by atoms with E-state index >= 15 is 0 Å². The van der Waals surface area contributed by atoms with E-state index in [-0.39, 0.29) is 11.5 Å². The number of thiophene rings is 1. The minimum absolute atomic E-state index is 0.174. The molecule has 2 N–H and O–H groups in total. The van der Waals surface area contributed by atoms with Crippen LogP contribution in [-0.4, -0.2) is 17.0 Å². The minimum atomic E-state index is -1.02. The zero-order chi connectivity index (χ0) is 14.9. The first-order valence-corrected chi connectivity index (χ1v) is 6.93. The monoisotopic (exact) mass is 289 g/mol. The van der Waals surface area contributed by atoms with Crippen molar-refractivity contribution in [1.82, 2.24) is 0 Å². The summed E-state index contributed by atoms with van der Waals surface area (Å²) in [5.41, 5.74) is 2.45. The number of rotatable bonds is 3. The molecule has 1 amide bonds. The average molecular weight is 289 g/mol. The molecule has 2 rings (SSSR count). The second-order valence-electron chi connectivity index (χ2n) is 4.61. The van der Waals surface area contributed by atoms with Crippen LogP contribution in [0.3, 0.4) is 0 Å². The molecule has 20 heavy (non-hydrogen) atoms. The number of carboxylic acid groups (broad SMARTS) is 1. The Morgan fingerprint density at radius 1 is 1.10 bits per heavy atom. The van der Waals surface area contributed by atoms with E-state index in [4.69, 9.17) is 0 Å². The lowest BCUT2D eigenvalue weighted by Crippen LogP contribution is -2.13. The van der Waals surface area contributed by atoms with Crippen LogP contribution in [0.15, 0.2) is 24.3 Å². The van der Waals surface area contributed by atoms with E-state index in [0.717, 1.165) is 10.4 Å². The maximum Gasteiger partial charge on any atom is 0.338 e. The van der Waals surface area contributed by atoms with Gasteiger partial charge in [0.15, 0.2) is 0 Å². The van der Waals surface area contributed by atoms with Gasteiger partial charge in [0.2, 0.25) is 0 Å². The molecule has 1 aromatic heterocycles. The van der Waals surface area contributed by atoms with E-state index in [9.17, 15) is 14.7 Å². The molecule has 0 saturated heterocycles. The lowest BCUT2D eigenvalue weighted by Gasteiger charge is -2.05. The number of aromatic carboxylic acids is 1. The normalized spacial score (nSPS) is 10.3. The summed E-state index contributed by atoms with van der Waals surface area (Å²) in [5.74, 6) is -1.32. The molecule has 0 fully saturated rings. The van der Waals surface area contributed by atoms with Gasteiger partial charge in [0, 0.05) is 10.4 Å². The lowest BCUT2D eigenvalue weighted by molar-refractivity contribution is 0.0697. The Labute approximate surface area is 121 Å². The molecule has 1 aromatic carbocycles. The summed E-state index contributed by atoms with van der Waals surface area (Å²) < 4.78 is 0. The number of carbonyl (C=O) groups is 2. The highest BCUT2D eigenvalue weighted by molar-refractivity contribution is 7.16. The summed E-state index contributed by atoms with van der Waals surface area (Å²) in [4.78, 5) is 24.3. The smallest absolute Gasteiger partial charge is 0.338 e. The molecule has 0 spiro atoms. The zero-order valence-corrected chi connectivity index (χ0v) is 12.3. The molecule has 0 aliphatic rings. The number of hydrogen-bond acceptors (Lipinski definition) is 3. The van der Waals surface area contributed by atoms with Gasteiger partial charge in [0.05, 0.1) is 5.56 Å². The molecule has 0 bridgehead atoms. The minimum Gasteiger partial charge on any atom is -0.478 e. The Kier molecular flexibility index (Phi) is 3.90. The van der Waals surface area contributed by atoms with Crippen LogP contribution in [0.5, 0.6) is 0 Å². The highest BCUT2D eigenvalue weighted by Crippen LogP contribution is 2.32. The molecule has 0 unspecified atom stereocenters. The highest BCUT2D eigenvalue weighted by atomic mass is 32.1. The predicted molar refractivity (Wildman–Crippen MR) is 79.9 cm³/mol. The zero-order valence-electron chi connectivity index (χ0n) is 11.5. The number of aryl methyl sites for hydroxylation is 2. The molecular weight excluding hydrogens is 274 g/mol. The first-order valence-electron chi connectivity index (χ1n) is 6.11. The quantitative estimate of drug-likeness (QED) is 0.906. The molecule has 4 nitrogen and oxygen atoms in total. The molecule has 0 aliphatic heterocycles. The average Bonchev–Trinajstić information content (AvgIpc) is 2.65. The summed E-state index contributed by atoms with van der Waals surface area (Å²) in [6.45, 7) is 5.53. The largest absolute Gasteiger partial charge is 0.478 e. The highest BCUT2D eigenvalue weighted by Gasteiger charge is 2.20. The third kappa shape index (κ3) is 2.72. The molecule has 1 heterocycles. The third-order valence-electron chi connectivity index (χ3n) is 3.14. The van der Waals surface area contributed by atoms with Gasteiger partial charge in [-0.1, -0.05) is 17.7 Å². The first kappa shape index (κ1) is 14.3. The second-order valence-corrected chi connectivity index (χ2v) is 5.84. The molecule has 5 heteroatoms. The van der Waals surface area contributed by atoms with E-state index in [0.29, 0.717) is 16.1 Å². The SMILES string of the molecule is Cc1ccc(C(=O)Nc2sc(C)c(C)c2C(=O)O)cc1. The lowest BCUT2D eigenvalue weighted by atomic mass is 10.1. The van der Waals surface area contributed by atoms with Crippen molar-refractivity contribution < 1.29 is 14.7 Å². The molecule has 2 aromatic rings. The molecule has 104 valence electrons. The van der Waals surface area contributed by atoms with Crippen molar-refractivity contribution in [2.24, 2.45) is 0 Å². The van der Waals surface area contributed by atoms with E-state index in [2.05, 4.69) is 5.32 Å². The van der Waals surface area contributed by atoms with Crippen LogP contribution in [0.1, 0.15) is 36.7 Å². The van der Waals surface area contributed by atoms with Gasteiger partial charge in [-0.15, -0.1) is 11.3 Å². The number of nitrogens with one attached hydrogen (secondary N) is 1. The topological polar surface area (TPSA) is 66.4 Å². The number of carboxylic acids is 1. The summed E-state index contributed by atoms with van der Waals surface area (Å²) in [6.07, 6.45) is 0. The molecular formula is C15H15NO3S. The Bertz CT molecular complexity index is 671.